The molecule has 1 atom stereocenters. The quantitative estimate of drug-likeness (QED) is 0.742. The topological polar surface area (TPSA) is 58.6 Å². The first-order chi connectivity index (χ1) is 8.19. The normalized spacial score (nSPS) is 17.3. The summed E-state index contributed by atoms with van der Waals surface area (Å²) >= 11 is 0. The Morgan fingerprint density at radius 2 is 2.24 bits per heavy atom. The highest BCUT2D eigenvalue weighted by molar-refractivity contribution is 5.91. The smallest absolute Gasteiger partial charge is 0.286 e. The van der Waals surface area contributed by atoms with Crippen LogP contribution in [0.25, 0.3) is 0 Å². The number of aliphatic hydroxyl groups is 1. The van der Waals surface area contributed by atoms with E-state index < -0.39 is 6.10 Å². The van der Waals surface area contributed by atoms with Gasteiger partial charge in [0.15, 0.2) is 5.76 Å². The van der Waals surface area contributed by atoms with Crippen molar-refractivity contribution in [2.45, 2.75) is 45.6 Å². The van der Waals surface area contributed by atoms with E-state index in [9.17, 15) is 9.90 Å². The van der Waals surface area contributed by atoms with Gasteiger partial charge >= 0.3 is 0 Å². The molecular weight excluding hydrogens is 218 g/mol. The Bertz CT molecular complexity index is 272. The molecule has 0 aromatic heterocycles. The Morgan fingerprint density at radius 1 is 1.53 bits per heavy atom. The van der Waals surface area contributed by atoms with E-state index in [1.54, 1.807) is 0 Å². The molecule has 98 valence electrons. The molecule has 0 aromatic rings. The second kappa shape index (κ2) is 7.33. The van der Waals surface area contributed by atoms with Crippen molar-refractivity contribution < 1.29 is 14.6 Å². The number of aliphatic hydroxyl groups excluding tert-OH is 1. The van der Waals surface area contributed by atoms with Gasteiger partial charge in [-0.05, 0) is 24.8 Å². The molecule has 0 fully saturated rings. The maximum atomic E-state index is 11.7. The zero-order chi connectivity index (χ0) is 12.7. The largest absolute Gasteiger partial charge is 0.488 e. The van der Waals surface area contributed by atoms with Gasteiger partial charge in [-0.2, -0.15) is 0 Å². The van der Waals surface area contributed by atoms with E-state index in [1.807, 2.05) is 19.9 Å². The summed E-state index contributed by atoms with van der Waals surface area (Å²) in [5, 5.41) is 12.6. The van der Waals surface area contributed by atoms with Crippen molar-refractivity contribution in [2.24, 2.45) is 5.92 Å². The first-order valence-electron chi connectivity index (χ1n) is 6.48. The lowest BCUT2D eigenvalue weighted by Crippen LogP contribution is -2.37. The van der Waals surface area contributed by atoms with Crippen molar-refractivity contribution in [3.8, 4) is 0 Å². The second-order valence-corrected chi connectivity index (χ2v) is 4.41. The van der Waals surface area contributed by atoms with Gasteiger partial charge in [-0.15, -0.1) is 0 Å². The van der Waals surface area contributed by atoms with Crippen LogP contribution in [0.1, 0.15) is 39.5 Å². The maximum Gasteiger partial charge on any atom is 0.286 e. The summed E-state index contributed by atoms with van der Waals surface area (Å²) in [6, 6.07) is 0. The number of hydrogen-bond acceptors (Lipinski definition) is 3. The predicted molar refractivity (Wildman–Crippen MR) is 66.4 cm³/mol. The molecule has 4 nitrogen and oxygen atoms in total. The number of nitrogens with one attached hydrogen (secondary N) is 1. The van der Waals surface area contributed by atoms with E-state index in [0.29, 0.717) is 18.9 Å². The van der Waals surface area contributed by atoms with Gasteiger partial charge < -0.3 is 15.2 Å². The van der Waals surface area contributed by atoms with Crippen molar-refractivity contribution in [1.82, 2.24) is 5.32 Å². The summed E-state index contributed by atoms with van der Waals surface area (Å²) in [5.41, 5.74) is 0. The number of hydrogen-bond donors (Lipinski definition) is 2. The van der Waals surface area contributed by atoms with Crippen LogP contribution in [0.5, 0.6) is 0 Å². The van der Waals surface area contributed by atoms with Crippen LogP contribution in [-0.2, 0) is 9.53 Å². The zero-order valence-corrected chi connectivity index (χ0v) is 10.7. The van der Waals surface area contributed by atoms with Crippen molar-refractivity contribution in [3.63, 3.8) is 0 Å². The predicted octanol–water partition coefficient (Wildman–Crippen LogP) is 1.59. The van der Waals surface area contributed by atoms with Crippen molar-refractivity contribution >= 4 is 5.91 Å². The third-order valence-electron chi connectivity index (χ3n) is 3.22. The molecular formula is C13H23NO3. The van der Waals surface area contributed by atoms with Gasteiger partial charge in [0.25, 0.3) is 5.91 Å². The van der Waals surface area contributed by atoms with E-state index in [1.165, 1.54) is 0 Å². The van der Waals surface area contributed by atoms with E-state index in [4.69, 9.17) is 4.74 Å². The maximum absolute atomic E-state index is 11.7. The minimum atomic E-state index is -0.474. The SMILES string of the molecule is CCC(CC)C(O)CNC(=O)C1=CCCCO1. The Morgan fingerprint density at radius 3 is 2.76 bits per heavy atom. The molecule has 0 spiro atoms. The van der Waals surface area contributed by atoms with Crippen LogP contribution in [0.4, 0.5) is 0 Å². The summed E-state index contributed by atoms with van der Waals surface area (Å²) in [6.07, 6.45) is 5.03. The van der Waals surface area contributed by atoms with Crippen LogP contribution in [-0.4, -0.2) is 30.3 Å². The van der Waals surface area contributed by atoms with Crippen molar-refractivity contribution in [1.29, 1.82) is 0 Å². The molecule has 0 radical (unpaired) electrons. The molecule has 1 unspecified atom stereocenters. The first-order valence-corrected chi connectivity index (χ1v) is 6.48. The highest BCUT2D eigenvalue weighted by Gasteiger charge is 2.18. The average Bonchev–Trinajstić information content (AvgIpc) is 2.38. The monoisotopic (exact) mass is 241 g/mol. The third kappa shape index (κ3) is 4.38. The molecule has 0 saturated heterocycles. The molecule has 0 aliphatic carbocycles. The van der Waals surface area contributed by atoms with E-state index in [-0.39, 0.29) is 11.8 Å². The molecule has 2 N–H and O–H groups in total. The standard InChI is InChI=1S/C13H23NO3/c1-3-10(4-2)11(15)9-14-13(16)12-7-5-6-8-17-12/h7,10-11,15H,3-6,8-9H2,1-2H3,(H,14,16). The van der Waals surface area contributed by atoms with Crippen LogP contribution in [0.15, 0.2) is 11.8 Å². The van der Waals surface area contributed by atoms with Crippen LogP contribution >= 0.6 is 0 Å². The lowest BCUT2D eigenvalue weighted by Gasteiger charge is -2.21. The number of carbonyl (C=O) groups is 1. The molecule has 0 aromatic carbocycles. The van der Waals surface area contributed by atoms with Gasteiger partial charge in [-0.25, -0.2) is 0 Å². The van der Waals surface area contributed by atoms with E-state index in [2.05, 4.69) is 5.32 Å². The average molecular weight is 241 g/mol. The Labute approximate surface area is 103 Å². The second-order valence-electron chi connectivity index (χ2n) is 4.41. The highest BCUT2D eigenvalue weighted by atomic mass is 16.5. The van der Waals surface area contributed by atoms with Gasteiger partial charge in [-0.1, -0.05) is 26.7 Å². The number of ether oxygens (including phenoxy) is 1. The van der Waals surface area contributed by atoms with Crippen LogP contribution in [0.3, 0.4) is 0 Å². The summed E-state index contributed by atoms with van der Waals surface area (Å²) < 4.78 is 5.25. The van der Waals surface area contributed by atoms with E-state index in [0.717, 1.165) is 25.7 Å². The van der Waals surface area contributed by atoms with Gasteiger partial charge in [0.1, 0.15) is 0 Å². The van der Waals surface area contributed by atoms with Gasteiger partial charge in [0.2, 0.25) is 0 Å². The lowest BCUT2D eigenvalue weighted by molar-refractivity contribution is -0.121. The number of rotatable bonds is 6. The van der Waals surface area contributed by atoms with Gasteiger partial charge in [-0.3, -0.25) is 4.79 Å². The van der Waals surface area contributed by atoms with E-state index >= 15 is 0 Å². The molecule has 1 amide bonds. The molecule has 1 rings (SSSR count). The number of amides is 1. The lowest BCUT2D eigenvalue weighted by atomic mass is 9.96. The summed E-state index contributed by atoms with van der Waals surface area (Å²) in [5.74, 6) is 0.430. The fourth-order valence-electron chi connectivity index (χ4n) is 2.00. The summed E-state index contributed by atoms with van der Waals surface area (Å²) in [4.78, 5) is 11.7. The summed E-state index contributed by atoms with van der Waals surface area (Å²) in [7, 11) is 0. The highest BCUT2D eigenvalue weighted by Crippen LogP contribution is 2.13. The minimum Gasteiger partial charge on any atom is -0.488 e. The fourth-order valence-corrected chi connectivity index (χ4v) is 2.00. The molecule has 0 saturated carbocycles. The van der Waals surface area contributed by atoms with Crippen molar-refractivity contribution in [2.75, 3.05) is 13.2 Å². The molecule has 17 heavy (non-hydrogen) atoms. The Hall–Kier alpha value is -1.03. The van der Waals surface area contributed by atoms with Crippen LogP contribution in [0.2, 0.25) is 0 Å². The fraction of sp³-hybridized carbons (Fsp3) is 0.769. The molecule has 1 aliphatic heterocycles. The first kappa shape index (κ1) is 14.0. The van der Waals surface area contributed by atoms with Gasteiger partial charge in [0.05, 0.1) is 12.7 Å². The molecule has 0 bridgehead atoms. The zero-order valence-electron chi connectivity index (χ0n) is 10.7. The molecule has 4 heteroatoms. The summed E-state index contributed by atoms with van der Waals surface area (Å²) in [6.45, 7) is 5.00. The van der Waals surface area contributed by atoms with Gasteiger partial charge in [0, 0.05) is 6.54 Å². The molecule has 1 aliphatic rings. The third-order valence-corrected chi connectivity index (χ3v) is 3.22. The minimum absolute atomic E-state index is 0.213. The number of carbonyl (C=O) groups excluding carboxylic acids is 1. The van der Waals surface area contributed by atoms with Crippen molar-refractivity contribution in [3.05, 3.63) is 11.8 Å². The Kier molecular flexibility index (Phi) is 6.05. The van der Waals surface area contributed by atoms with Crippen LogP contribution < -0.4 is 5.32 Å². The molecule has 1 heterocycles. The Balaban J connectivity index is 2.34. The van der Waals surface area contributed by atoms with Crippen LogP contribution in [0, 0.1) is 5.92 Å². The number of allylic oxidation sites excluding steroid dienone is 1.